The van der Waals surface area contributed by atoms with Gasteiger partial charge in [-0.05, 0) is 49.3 Å². The molecule has 0 saturated carbocycles. The lowest BCUT2D eigenvalue weighted by Crippen LogP contribution is -2.59. The topological polar surface area (TPSA) is 156 Å². The number of carboxylic acids is 1. The number of nitrogens with one attached hydrogen (secondary N) is 1. The van der Waals surface area contributed by atoms with E-state index < -0.39 is 30.2 Å². The molecule has 0 bridgehead atoms. The lowest BCUT2D eigenvalue weighted by molar-refractivity contribution is -0.167. The van der Waals surface area contributed by atoms with Gasteiger partial charge in [-0.15, -0.1) is 0 Å². The summed E-state index contributed by atoms with van der Waals surface area (Å²) in [5.41, 5.74) is -2.33. The van der Waals surface area contributed by atoms with Gasteiger partial charge in [0.25, 0.3) is 5.72 Å². The molecule has 0 amide bonds. The molecule has 1 unspecified atom stereocenters. The Labute approximate surface area is 254 Å². The van der Waals surface area contributed by atoms with Crippen molar-refractivity contribution in [3.8, 4) is 11.5 Å². The summed E-state index contributed by atoms with van der Waals surface area (Å²) in [5.74, 6) is -1.81. The van der Waals surface area contributed by atoms with E-state index in [2.05, 4.69) is 5.32 Å². The minimum atomic E-state index is -2.23. The largest absolute Gasteiger partial charge is 0.513 e. The van der Waals surface area contributed by atoms with E-state index in [1.54, 1.807) is 6.92 Å². The molecule has 0 aliphatic carbocycles. The molecule has 12 nitrogen and oxygen atoms in total. The Bertz CT molecular complexity index is 1040. The predicted octanol–water partition coefficient (Wildman–Crippen LogP) is 7.01. The van der Waals surface area contributed by atoms with Crippen LogP contribution >= 0.6 is 0 Å². The van der Waals surface area contributed by atoms with Crippen molar-refractivity contribution in [3.63, 3.8) is 0 Å². The smallest absolute Gasteiger partial charge is 0.477 e. The number of hydrogen-bond donors (Lipinski definition) is 2. The highest BCUT2D eigenvalue weighted by Crippen LogP contribution is 2.32. The van der Waals surface area contributed by atoms with Crippen molar-refractivity contribution in [3.05, 3.63) is 23.8 Å². The molecule has 2 N–H and O–H groups in total. The van der Waals surface area contributed by atoms with E-state index in [0.717, 1.165) is 25.7 Å². The third-order valence-electron chi connectivity index (χ3n) is 6.10. The van der Waals surface area contributed by atoms with Gasteiger partial charge in [0.2, 0.25) is 0 Å². The fourth-order valence-electron chi connectivity index (χ4n) is 3.61. The van der Waals surface area contributed by atoms with Crippen molar-refractivity contribution in [1.82, 2.24) is 5.32 Å². The molecule has 1 aromatic rings. The molecule has 244 valence electrons. The van der Waals surface area contributed by atoms with Crippen LogP contribution in [0.25, 0.3) is 0 Å². The number of carboxylic acid groups (broad SMARTS) is 1. The lowest BCUT2D eigenvalue weighted by Gasteiger charge is -2.33. The summed E-state index contributed by atoms with van der Waals surface area (Å²) < 4.78 is 31.5. The van der Waals surface area contributed by atoms with Crippen LogP contribution in [0.15, 0.2) is 18.2 Å². The highest BCUT2D eigenvalue weighted by Gasteiger charge is 2.45. The third-order valence-corrected chi connectivity index (χ3v) is 6.10. The van der Waals surface area contributed by atoms with Crippen LogP contribution in [0.2, 0.25) is 0 Å². The second-order valence-electron chi connectivity index (χ2n) is 11.6. The van der Waals surface area contributed by atoms with Crippen LogP contribution in [-0.4, -0.2) is 61.1 Å². The van der Waals surface area contributed by atoms with E-state index in [9.17, 15) is 24.3 Å². The number of rotatable bonds is 18. The molecule has 0 fully saturated rings. The van der Waals surface area contributed by atoms with Crippen molar-refractivity contribution in [2.24, 2.45) is 5.41 Å². The lowest BCUT2D eigenvalue weighted by atomic mass is 9.99. The van der Waals surface area contributed by atoms with Crippen LogP contribution in [0.1, 0.15) is 99.0 Å². The Morgan fingerprint density at radius 2 is 1.37 bits per heavy atom. The van der Waals surface area contributed by atoms with Crippen molar-refractivity contribution in [2.75, 3.05) is 19.8 Å². The summed E-state index contributed by atoms with van der Waals surface area (Å²) in [4.78, 5) is 50.0. The number of aliphatic carboxylic acids is 1. The number of hydrogen-bond acceptors (Lipinski definition) is 11. The molecule has 2 atom stereocenters. The minimum Gasteiger partial charge on any atom is -0.477 e. The molecule has 0 heterocycles. The average molecular weight is 612 g/mol. The monoisotopic (exact) mass is 611 g/mol. The van der Waals surface area contributed by atoms with E-state index in [-0.39, 0.29) is 54.8 Å². The van der Waals surface area contributed by atoms with E-state index in [1.165, 1.54) is 18.2 Å². The second-order valence-corrected chi connectivity index (χ2v) is 11.6. The molecule has 0 saturated heterocycles. The fourth-order valence-corrected chi connectivity index (χ4v) is 3.61. The molecular weight excluding hydrogens is 562 g/mol. The second kappa shape index (κ2) is 18.9. The molecule has 0 aromatic heterocycles. The SMILES string of the molecule is CCCCCOC(=O)Oc1ccc(C[C@](NC(C)CC)(OC(=O)OCC(C)(C)C)C(=O)O)cc1OC(=O)OCCCCC. The summed E-state index contributed by atoms with van der Waals surface area (Å²) in [6, 6.07) is 3.73. The standard InChI is InChI=1S/C31H49NO11/c1-8-11-13-17-38-27(35)41-24-16-15-23(19-25(24)42-28(36)39-18-14-12-9-2)20-31(26(33)34,32-22(4)10-3)43-29(37)40-21-30(5,6)7/h15-16,19,22,32H,8-14,17-18,20-21H2,1-7H3,(H,33,34)/t22?,31-/m0/s1. The molecule has 0 aliphatic rings. The zero-order valence-corrected chi connectivity index (χ0v) is 26.6. The maximum absolute atomic E-state index is 12.6. The summed E-state index contributed by atoms with van der Waals surface area (Å²) in [5, 5.41) is 13.1. The van der Waals surface area contributed by atoms with Gasteiger partial charge in [0.1, 0.15) is 0 Å². The Kier molecular flexibility index (Phi) is 16.5. The van der Waals surface area contributed by atoms with Gasteiger partial charge in [0, 0.05) is 12.5 Å². The van der Waals surface area contributed by atoms with Crippen LogP contribution in [0.3, 0.4) is 0 Å². The van der Waals surface area contributed by atoms with Crippen LogP contribution in [0, 0.1) is 5.41 Å². The van der Waals surface area contributed by atoms with E-state index >= 15 is 0 Å². The Balaban J connectivity index is 3.34. The Morgan fingerprint density at radius 1 is 0.814 bits per heavy atom. The molecular formula is C31H49NO11. The van der Waals surface area contributed by atoms with Crippen LogP contribution in [0.4, 0.5) is 14.4 Å². The molecule has 0 spiro atoms. The Hall–Kier alpha value is -3.54. The number of ether oxygens (including phenoxy) is 6. The van der Waals surface area contributed by atoms with Crippen molar-refractivity contribution in [2.45, 2.75) is 112 Å². The number of carbonyl (C=O) groups excluding carboxylic acids is 3. The first-order valence-corrected chi connectivity index (χ1v) is 14.9. The predicted molar refractivity (Wildman–Crippen MR) is 158 cm³/mol. The third kappa shape index (κ3) is 15.0. The van der Waals surface area contributed by atoms with Crippen LogP contribution in [-0.2, 0) is 30.2 Å². The number of carbonyl (C=O) groups is 4. The molecule has 12 heteroatoms. The summed E-state index contributed by atoms with van der Waals surface area (Å²) in [6.45, 7) is 13.5. The fraction of sp³-hybridized carbons (Fsp3) is 0.677. The summed E-state index contributed by atoms with van der Waals surface area (Å²) in [7, 11) is 0. The van der Waals surface area contributed by atoms with Crippen LogP contribution in [0.5, 0.6) is 11.5 Å². The zero-order chi connectivity index (χ0) is 32.5. The van der Waals surface area contributed by atoms with E-state index in [1.807, 2.05) is 41.5 Å². The zero-order valence-electron chi connectivity index (χ0n) is 26.6. The van der Waals surface area contributed by atoms with Gasteiger partial charge in [-0.1, -0.05) is 73.3 Å². The summed E-state index contributed by atoms with van der Waals surface area (Å²) >= 11 is 0. The quantitative estimate of drug-likeness (QED) is 0.0576. The molecule has 1 rings (SSSR count). The Morgan fingerprint density at radius 3 is 1.86 bits per heavy atom. The van der Waals surface area contributed by atoms with Crippen molar-refractivity contribution >= 4 is 24.4 Å². The maximum Gasteiger partial charge on any atom is 0.513 e. The molecule has 43 heavy (non-hydrogen) atoms. The van der Waals surface area contributed by atoms with E-state index in [4.69, 9.17) is 28.4 Å². The van der Waals surface area contributed by atoms with Crippen molar-refractivity contribution in [1.29, 1.82) is 0 Å². The van der Waals surface area contributed by atoms with Gasteiger partial charge in [-0.25, -0.2) is 19.2 Å². The van der Waals surface area contributed by atoms with Gasteiger partial charge >= 0.3 is 24.4 Å². The molecule has 1 aromatic carbocycles. The minimum absolute atomic E-state index is 0.00377. The maximum atomic E-state index is 12.6. The highest BCUT2D eigenvalue weighted by atomic mass is 16.8. The first-order valence-electron chi connectivity index (χ1n) is 14.9. The number of benzene rings is 1. The average Bonchev–Trinajstić information content (AvgIpc) is 2.93. The van der Waals surface area contributed by atoms with Gasteiger partial charge in [0.05, 0.1) is 19.8 Å². The van der Waals surface area contributed by atoms with Crippen molar-refractivity contribution < 1.29 is 52.7 Å². The van der Waals surface area contributed by atoms with E-state index in [0.29, 0.717) is 19.3 Å². The van der Waals surface area contributed by atoms with Gasteiger partial charge in [-0.3, -0.25) is 5.32 Å². The summed E-state index contributed by atoms with van der Waals surface area (Å²) in [6.07, 6.45) is 1.88. The normalized spacial score (nSPS) is 13.3. The van der Waals surface area contributed by atoms with Gasteiger partial charge in [0.15, 0.2) is 11.5 Å². The highest BCUT2D eigenvalue weighted by molar-refractivity contribution is 5.80. The van der Waals surface area contributed by atoms with Gasteiger partial charge < -0.3 is 33.5 Å². The molecule has 0 aliphatic heterocycles. The number of unbranched alkanes of at least 4 members (excludes halogenated alkanes) is 4. The molecule has 0 radical (unpaired) electrons. The first kappa shape index (κ1) is 37.5. The van der Waals surface area contributed by atoms with Crippen LogP contribution < -0.4 is 14.8 Å². The first-order chi connectivity index (χ1) is 20.2. The van der Waals surface area contributed by atoms with Gasteiger partial charge in [-0.2, -0.15) is 0 Å².